The molecule has 1 unspecified atom stereocenters. The van der Waals surface area contributed by atoms with E-state index in [-0.39, 0.29) is 5.91 Å². The van der Waals surface area contributed by atoms with Gasteiger partial charge in [-0.15, -0.1) is 0 Å². The number of hydrogen-bond donors (Lipinski definition) is 1. The first-order valence-electron chi connectivity index (χ1n) is 8.19. The molecule has 1 N–H and O–H groups in total. The van der Waals surface area contributed by atoms with Gasteiger partial charge in [0.05, 0.1) is 17.4 Å². The summed E-state index contributed by atoms with van der Waals surface area (Å²) in [5.41, 5.74) is 1.74. The average molecular weight is 289 g/mol. The van der Waals surface area contributed by atoms with E-state index in [1.807, 2.05) is 12.3 Å². The molecule has 2 rings (SSSR count). The number of anilines is 1. The molecule has 1 aliphatic rings. The summed E-state index contributed by atoms with van der Waals surface area (Å²) in [6, 6.07) is 1.97. The molecule has 4 heteroatoms. The van der Waals surface area contributed by atoms with Gasteiger partial charge in [-0.1, -0.05) is 26.7 Å². The number of carbonyl (C=O) groups is 1. The molecule has 1 atom stereocenters. The number of unbranched alkanes of at least 4 members (excludes halogenated alkanes) is 2. The molecule has 0 aliphatic carbocycles. The van der Waals surface area contributed by atoms with E-state index in [9.17, 15) is 4.79 Å². The molecule has 0 radical (unpaired) electrons. The Hall–Kier alpha value is -1.58. The maximum atomic E-state index is 12.1. The number of piperidine rings is 1. The minimum Gasteiger partial charge on any atom is -0.370 e. The van der Waals surface area contributed by atoms with Crippen LogP contribution in [-0.4, -0.2) is 30.5 Å². The van der Waals surface area contributed by atoms with Gasteiger partial charge < -0.3 is 10.2 Å². The molecule has 1 amide bonds. The topological polar surface area (TPSA) is 45.2 Å². The highest BCUT2D eigenvalue weighted by molar-refractivity contribution is 5.94. The van der Waals surface area contributed by atoms with Gasteiger partial charge in [-0.05, 0) is 31.2 Å². The van der Waals surface area contributed by atoms with E-state index in [4.69, 9.17) is 0 Å². The second kappa shape index (κ2) is 8.01. The third-order valence-electron chi connectivity index (χ3n) is 4.07. The molecule has 0 saturated carbocycles. The van der Waals surface area contributed by atoms with Crippen molar-refractivity contribution in [1.29, 1.82) is 0 Å². The number of nitrogens with zero attached hydrogens (tertiary/aromatic N) is 2. The first-order chi connectivity index (χ1) is 10.2. The zero-order valence-electron chi connectivity index (χ0n) is 13.3. The second-order valence-corrected chi connectivity index (χ2v) is 6.09. The molecule has 0 bridgehead atoms. The maximum Gasteiger partial charge on any atom is 0.252 e. The van der Waals surface area contributed by atoms with Gasteiger partial charge in [0, 0.05) is 25.8 Å². The molecular weight excluding hydrogens is 262 g/mol. The highest BCUT2D eigenvalue weighted by atomic mass is 16.1. The molecule has 21 heavy (non-hydrogen) atoms. The molecule has 1 aliphatic heterocycles. The predicted octanol–water partition coefficient (Wildman–Crippen LogP) is 3.24. The Morgan fingerprint density at radius 2 is 2.29 bits per heavy atom. The molecule has 2 heterocycles. The number of pyridine rings is 1. The summed E-state index contributed by atoms with van der Waals surface area (Å²) >= 11 is 0. The standard InChI is InChI=1S/C17H27N3O/c1-3-4-5-8-19-17(21)15-10-16(12-18-11-15)20-9-6-7-14(2)13-20/h10-12,14H,3-9,13H2,1-2H3,(H,19,21). The monoisotopic (exact) mass is 289 g/mol. The molecule has 1 fully saturated rings. The van der Waals surface area contributed by atoms with Crippen LogP contribution in [0.4, 0.5) is 5.69 Å². The summed E-state index contributed by atoms with van der Waals surface area (Å²) in [6.07, 6.45) is 9.40. The molecule has 1 aromatic rings. The van der Waals surface area contributed by atoms with E-state index in [0.717, 1.165) is 38.2 Å². The highest BCUT2D eigenvalue weighted by Gasteiger charge is 2.17. The molecule has 0 spiro atoms. The summed E-state index contributed by atoms with van der Waals surface area (Å²) in [5.74, 6) is 0.704. The van der Waals surface area contributed by atoms with Crippen LogP contribution in [0.2, 0.25) is 0 Å². The Morgan fingerprint density at radius 3 is 3.05 bits per heavy atom. The largest absolute Gasteiger partial charge is 0.370 e. The molecule has 116 valence electrons. The Kier molecular flexibility index (Phi) is 6.03. The highest BCUT2D eigenvalue weighted by Crippen LogP contribution is 2.22. The number of hydrogen-bond acceptors (Lipinski definition) is 3. The van der Waals surface area contributed by atoms with Crippen molar-refractivity contribution in [1.82, 2.24) is 10.3 Å². The summed E-state index contributed by atoms with van der Waals surface area (Å²) in [6.45, 7) is 7.31. The van der Waals surface area contributed by atoms with Crippen LogP contribution in [-0.2, 0) is 0 Å². The lowest BCUT2D eigenvalue weighted by molar-refractivity contribution is 0.0952. The molecule has 1 aromatic heterocycles. The maximum absolute atomic E-state index is 12.1. The summed E-state index contributed by atoms with van der Waals surface area (Å²) in [4.78, 5) is 18.7. The Labute approximate surface area is 127 Å². The number of nitrogens with one attached hydrogen (secondary N) is 1. The summed E-state index contributed by atoms with van der Waals surface area (Å²) in [7, 11) is 0. The SMILES string of the molecule is CCCCCNC(=O)c1cncc(N2CCCC(C)C2)c1. The van der Waals surface area contributed by atoms with Gasteiger partial charge in [0.25, 0.3) is 5.91 Å². The van der Waals surface area contributed by atoms with Crippen molar-refractivity contribution in [3.63, 3.8) is 0 Å². The van der Waals surface area contributed by atoms with Crippen molar-refractivity contribution < 1.29 is 4.79 Å². The number of aromatic nitrogens is 1. The van der Waals surface area contributed by atoms with Crippen molar-refractivity contribution in [2.24, 2.45) is 5.92 Å². The predicted molar refractivity (Wildman–Crippen MR) is 86.7 cm³/mol. The van der Waals surface area contributed by atoms with E-state index >= 15 is 0 Å². The van der Waals surface area contributed by atoms with E-state index in [1.165, 1.54) is 19.3 Å². The molecule has 4 nitrogen and oxygen atoms in total. The molecule has 0 aromatic carbocycles. The number of rotatable bonds is 6. The fraction of sp³-hybridized carbons (Fsp3) is 0.647. The van der Waals surface area contributed by atoms with E-state index < -0.39 is 0 Å². The van der Waals surface area contributed by atoms with Gasteiger partial charge in [0.2, 0.25) is 0 Å². The van der Waals surface area contributed by atoms with Gasteiger partial charge in [-0.3, -0.25) is 9.78 Å². The van der Waals surface area contributed by atoms with Crippen LogP contribution in [0.1, 0.15) is 56.3 Å². The lowest BCUT2D eigenvalue weighted by Crippen LogP contribution is -2.34. The van der Waals surface area contributed by atoms with Crippen molar-refractivity contribution in [3.8, 4) is 0 Å². The fourth-order valence-electron chi connectivity index (χ4n) is 2.83. The van der Waals surface area contributed by atoms with Crippen LogP contribution in [0.3, 0.4) is 0 Å². The lowest BCUT2D eigenvalue weighted by Gasteiger charge is -2.32. The Morgan fingerprint density at radius 1 is 1.43 bits per heavy atom. The quantitative estimate of drug-likeness (QED) is 0.818. The van der Waals surface area contributed by atoms with E-state index in [2.05, 4.69) is 29.0 Å². The lowest BCUT2D eigenvalue weighted by atomic mass is 10.00. The van der Waals surface area contributed by atoms with Crippen molar-refractivity contribution in [2.45, 2.75) is 46.0 Å². The summed E-state index contributed by atoms with van der Waals surface area (Å²) in [5, 5.41) is 2.98. The van der Waals surface area contributed by atoms with Gasteiger partial charge in [-0.2, -0.15) is 0 Å². The third kappa shape index (κ3) is 4.73. The van der Waals surface area contributed by atoms with Crippen LogP contribution in [0.25, 0.3) is 0 Å². The van der Waals surface area contributed by atoms with E-state index in [1.54, 1.807) is 6.20 Å². The van der Waals surface area contributed by atoms with Crippen LogP contribution in [0.15, 0.2) is 18.5 Å². The first kappa shape index (κ1) is 15.8. The Balaban J connectivity index is 1.95. The average Bonchev–Trinajstić information content (AvgIpc) is 2.51. The third-order valence-corrected chi connectivity index (χ3v) is 4.07. The first-order valence-corrected chi connectivity index (χ1v) is 8.19. The van der Waals surface area contributed by atoms with Crippen molar-refractivity contribution >= 4 is 11.6 Å². The Bertz CT molecular complexity index is 461. The molecular formula is C17H27N3O. The van der Waals surface area contributed by atoms with Crippen LogP contribution < -0.4 is 10.2 Å². The number of amides is 1. The number of carbonyl (C=O) groups excluding carboxylic acids is 1. The zero-order chi connectivity index (χ0) is 15.1. The zero-order valence-corrected chi connectivity index (χ0v) is 13.3. The van der Waals surface area contributed by atoms with Gasteiger partial charge in [-0.25, -0.2) is 0 Å². The minimum absolute atomic E-state index is 0.00879. The van der Waals surface area contributed by atoms with Crippen molar-refractivity contribution in [3.05, 3.63) is 24.0 Å². The molecule has 1 saturated heterocycles. The van der Waals surface area contributed by atoms with Crippen LogP contribution >= 0.6 is 0 Å². The smallest absolute Gasteiger partial charge is 0.252 e. The van der Waals surface area contributed by atoms with Crippen LogP contribution in [0.5, 0.6) is 0 Å². The second-order valence-electron chi connectivity index (χ2n) is 6.09. The van der Waals surface area contributed by atoms with Gasteiger partial charge >= 0.3 is 0 Å². The fourth-order valence-corrected chi connectivity index (χ4v) is 2.83. The van der Waals surface area contributed by atoms with Crippen LogP contribution in [0, 0.1) is 5.92 Å². The van der Waals surface area contributed by atoms with Gasteiger partial charge in [0.15, 0.2) is 0 Å². The van der Waals surface area contributed by atoms with Crippen molar-refractivity contribution in [2.75, 3.05) is 24.5 Å². The summed E-state index contributed by atoms with van der Waals surface area (Å²) < 4.78 is 0. The normalized spacial score (nSPS) is 18.6. The van der Waals surface area contributed by atoms with Gasteiger partial charge in [0.1, 0.15) is 0 Å². The van der Waals surface area contributed by atoms with E-state index in [0.29, 0.717) is 11.5 Å². The minimum atomic E-state index is -0.00879.